The van der Waals surface area contributed by atoms with E-state index in [1.807, 2.05) is 6.92 Å². The van der Waals surface area contributed by atoms with E-state index in [1.54, 1.807) is 12.1 Å². The molecule has 0 aliphatic heterocycles. The Morgan fingerprint density at radius 2 is 2.07 bits per heavy atom. The van der Waals surface area contributed by atoms with Gasteiger partial charge in [0.25, 0.3) is 0 Å². The van der Waals surface area contributed by atoms with Crippen molar-refractivity contribution in [2.75, 3.05) is 7.11 Å². The van der Waals surface area contributed by atoms with Crippen LogP contribution in [0.5, 0.6) is 5.75 Å². The number of benzene rings is 1. The summed E-state index contributed by atoms with van der Waals surface area (Å²) in [5.41, 5.74) is 1.52. The smallest absolute Gasteiger partial charge is 0.236 e. The molecule has 0 atom stereocenters. The Hall–Kier alpha value is -0.260. The highest BCUT2D eigenvalue weighted by Gasteiger charge is 2.11. The highest BCUT2D eigenvalue weighted by molar-refractivity contribution is 9.10. The van der Waals surface area contributed by atoms with Gasteiger partial charge < -0.3 is 4.74 Å². The summed E-state index contributed by atoms with van der Waals surface area (Å²) in [5, 5.41) is 0. The van der Waals surface area contributed by atoms with E-state index in [-0.39, 0.29) is 5.75 Å². The van der Waals surface area contributed by atoms with Crippen LogP contribution in [0.15, 0.2) is 16.6 Å². The van der Waals surface area contributed by atoms with Crippen LogP contribution in [0.25, 0.3) is 0 Å². The monoisotopic (exact) mass is 312 g/mol. The van der Waals surface area contributed by atoms with Crippen molar-refractivity contribution in [1.29, 1.82) is 0 Å². The molecule has 0 unspecified atom stereocenters. The number of hydrogen-bond acceptors (Lipinski definition) is 3. The second-order valence-corrected chi connectivity index (χ2v) is 6.72. The molecular formula is C9H10BrClO3S. The van der Waals surface area contributed by atoms with Crippen LogP contribution in [-0.2, 0) is 14.8 Å². The van der Waals surface area contributed by atoms with Gasteiger partial charge in [0.2, 0.25) is 9.05 Å². The van der Waals surface area contributed by atoms with Crippen LogP contribution in [0.2, 0.25) is 0 Å². The Balaban J connectivity index is 3.17. The van der Waals surface area contributed by atoms with Gasteiger partial charge in [-0.25, -0.2) is 8.42 Å². The molecule has 0 saturated heterocycles. The van der Waals surface area contributed by atoms with Gasteiger partial charge in [0.1, 0.15) is 5.75 Å². The maximum Gasteiger partial charge on any atom is 0.236 e. The zero-order valence-corrected chi connectivity index (χ0v) is 11.4. The van der Waals surface area contributed by atoms with Crippen molar-refractivity contribution < 1.29 is 13.2 Å². The molecule has 1 rings (SSSR count). The van der Waals surface area contributed by atoms with Gasteiger partial charge in [-0.15, -0.1) is 0 Å². The van der Waals surface area contributed by atoms with E-state index in [9.17, 15) is 8.42 Å². The van der Waals surface area contributed by atoms with E-state index < -0.39 is 9.05 Å². The van der Waals surface area contributed by atoms with Gasteiger partial charge in [-0.05, 0) is 24.6 Å². The van der Waals surface area contributed by atoms with Gasteiger partial charge >= 0.3 is 0 Å². The molecule has 6 heteroatoms. The Labute approximate surface area is 102 Å². The van der Waals surface area contributed by atoms with Crippen molar-refractivity contribution in [2.24, 2.45) is 0 Å². The van der Waals surface area contributed by atoms with E-state index in [0.29, 0.717) is 11.3 Å². The molecule has 0 aromatic heterocycles. The van der Waals surface area contributed by atoms with Crippen LogP contribution in [-0.4, -0.2) is 15.5 Å². The third kappa shape index (κ3) is 3.66. The first-order chi connectivity index (χ1) is 6.83. The van der Waals surface area contributed by atoms with Crippen LogP contribution in [0.4, 0.5) is 0 Å². The second kappa shape index (κ2) is 4.72. The van der Waals surface area contributed by atoms with Crippen molar-refractivity contribution in [1.82, 2.24) is 0 Å². The summed E-state index contributed by atoms with van der Waals surface area (Å²) in [4.78, 5) is 0. The molecule has 0 radical (unpaired) electrons. The molecule has 15 heavy (non-hydrogen) atoms. The fraction of sp³-hybridized carbons (Fsp3) is 0.333. The van der Waals surface area contributed by atoms with Crippen molar-refractivity contribution in [3.8, 4) is 5.75 Å². The molecule has 3 nitrogen and oxygen atoms in total. The SMILES string of the molecule is COc1cc(CS(=O)(=O)Cl)cc(Br)c1C. The highest BCUT2D eigenvalue weighted by atomic mass is 79.9. The lowest BCUT2D eigenvalue weighted by atomic mass is 10.1. The fourth-order valence-corrected chi connectivity index (χ4v) is 2.63. The number of halogens is 2. The Kier molecular flexibility index (Phi) is 4.03. The average Bonchev–Trinajstić information content (AvgIpc) is 2.08. The van der Waals surface area contributed by atoms with Crippen molar-refractivity contribution >= 4 is 35.7 Å². The maximum absolute atomic E-state index is 10.9. The molecule has 1 aromatic rings. The van der Waals surface area contributed by atoms with Gasteiger partial charge in [0.05, 0.1) is 12.9 Å². The van der Waals surface area contributed by atoms with E-state index in [2.05, 4.69) is 15.9 Å². The minimum Gasteiger partial charge on any atom is -0.496 e. The summed E-state index contributed by atoms with van der Waals surface area (Å²) in [6.07, 6.45) is 0. The van der Waals surface area contributed by atoms with E-state index in [4.69, 9.17) is 15.4 Å². The Morgan fingerprint density at radius 1 is 1.47 bits per heavy atom. The fourth-order valence-electron chi connectivity index (χ4n) is 1.20. The average molecular weight is 314 g/mol. The van der Waals surface area contributed by atoms with Crippen molar-refractivity contribution in [3.63, 3.8) is 0 Å². The molecular weight excluding hydrogens is 304 g/mol. The van der Waals surface area contributed by atoms with Gasteiger partial charge in [0.15, 0.2) is 0 Å². The second-order valence-electron chi connectivity index (χ2n) is 3.09. The standard InChI is InChI=1S/C9H10BrClO3S/c1-6-8(10)3-7(4-9(6)14-2)5-15(11,12)13/h3-4H,5H2,1-2H3. The first-order valence-electron chi connectivity index (χ1n) is 4.09. The summed E-state index contributed by atoms with van der Waals surface area (Å²) >= 11 is 3.33. The molecule has 0 saturated carbocycles. The third-order valence-corrected chi connectivity index (χ3v) is 3.74. The maximum atomic E-state index is 10.9. The number of methoxy groups -OCH3 is 1. The largest absolute Gasteiger partial charge is 0.496 e. The molecule has 0 bridgehead atoms. The first kappa shape index (κ1) is 12.8. The van der Waals surface area contributed by atoms with Crippen LogP contribution in [0, 0.1) is 6.92 Å². The normalized spacial score (nSPS) is 11.5. The van der Waals surface area contributed by atoms with E-state index >= 15 is 0 Å². The zero-order chi connectivity index (χ0) is 11.6. The first-order valence-corrected chi connectivity index (χ1v) is 7.36. The van der Waals surface area contributed by atoms with Gasteiger partial charge in [-0.3, -0.25) is 0 Å². The third-order valence-electron chi connectivity index (χ3n) is 1.92. The summed E-state index contributed by atoms with van der Waals surface area (Å²) in [5.74, 6) is 0.434. The molecule has 0 aliphatic carbocycles. The van der Waals surface area contributed by atoms with Gasteiger partial charge in [0, 0.05) is 20.7 Å². The minimum absolute atomic E-state index is 0.205. The van der Waals surface area contributed by atoms with E-state index in [0.717, 1.165) is 10.0 Å². The Bertz CT molecular complexity index is 470. The molecule has 0 amide bonds. The van der Waals surface area contributed by atoms with Gasteiger partial charge in [-0.2, -0.15) is 0 Å². The molecule has 0 fully saturated rings. The predicted molar refractivity (Wildman–Crippen MR) is 63.9 cm³/mol. The number of rotatable bonds is 3. The van der Waals surface area contributed by atoms with Crippen LogP contribution in [0.3, 0.4) is 0 Å². The molecule has 0 aliphatic rings. The molecule has 0 heterocycles. The minimum atomic E-state index is -3.54. The summed E-state index contributed by atoms with van der Waals surface area (Å²) in [7, 11) is 3.17. The van der Waals surface area contributed by atoms with Crippen LogP contribution < -0.4 is 4.74 Å². The Morgan fingerprint density at radius 3 is 2.53 bits per heavy atom. The molecule has 0 spiro atoms. The number of hydrogen-bond donors (Lipinski definition) is 0. The lowest BCUT2D eigenvalue weighted by Gasteiger charge is -2.09. The topological polar surface area (TPSA) is 43.4 Å². The highest BCUT2D eigenvalue weighted by Crippen LogP contribution is 2.28. The summed E-state index contributed by atoms with van der Waals surface area (Å²) in [6.45, 7) is 1.88. The molecule has 0 N–H and O–H groups in total. The van der Waals surface area contributed by atoms with E-state index in [1.165, 1.54) is 7.11 Å². The summed E-state index contributed by atoms with van der Waals surface area (Å²) in [6, 6.07) is 3.39. The lowest BCUT2D eigenvalue weighted by Crippen LogP contribution is -1.97. The molecule has 1 aromatic carbocycles. The van der Waals surface area contributed by atoms with Crippen molar-refractivity contribution in [2.45, 2.75) is 12.7 Å². The van der Waals surface area contributed by atoms with Crippen molar-refractivity contribution in [3.05, 3.63) is 27.7 Å². The van der Waals surface area contributed by atoms with Gasteiger partial charge in [-0.1, -0.05) is 15.9 Å². The quantitative estimate of drug-likeness (QED) is 0.806. The molecule has 84 valence electrons. The lowest BCUT2D eigenvalue weighted by molar-refractivity contribution is 0.411. The van der Waals surface area contributed by atoms with Crippen LogP contribution >= 0.6 is 26.6 Å². The zero-order valence-electron chi connectivity index (χ0n) is 8.25. The van der Waals surface area contributed by atoms with Crippen LogP contribution in [0.1, 0.15) is 11.1 Å². The predicted octanol–water partition coefficient (Wildman–Crippen LogP) is 2.83. The number of ether oxygens (including phenoxy) is 1. The summed E-state index contributed by atoms with van der Waals surface area (Å²) < 4.78 is 27.7.